The first-order chi connectivity index (χ1) is 17.0. The molecule has 1 heterocycles. The highest BCUT2D eigenvalue weighted by Gasteiger charge is 2.50. The maximum absolute atomic E-state index is 11.6. The molecule has 0 aromatic heterocycles. The van der Waals surface area contributed by atoms with Crippen LogP contribution in [0.4, 0.5) is 0 Å². The van der Waals surface area contributed by atoms with Crippen molar-refractivity contribution < 1.29 is 14.4 Å². The van der Waals surface area contributed by atoms with E-state index < -0.39 is 0 Å². The van der Waals surface area contributed by atoms with Crippen molar-refractivity contribution in [1.29, 1.82) is 0 Å². The summed E-state index contributed by atoms with van der Waals surface area (Å²) in [5, 5.41) is 4.32. The van der Waals surface area contributed by atoms with Crippen LogP contribution in [0.25, 0.3) is 0 Å². The van der Waals surface area contributed by atoms with Crippen LogP contribution < -0.4 is 0 Å². The van der Waals surface area contributed by atoms with Gasteiger partial charge in [-0.15, -0.1) is 0 Å². The zero-order valence-electron chi connectivity index (χ0n) is 23.8. The molecule has 3 fully saturated rings. The van der Waals surface area contributed by atoms with E-state index in [-0.39, 0.29) is 17.7 Å². The lowest BCUT2D eigenvalue weighted by atomic mass is 9.61. The normalized spacial score (nSPS) is 38.4. The Morgan fingerprint density at radius 3 is 2.56 bits per heavy atom. The number of carbonyl (C=O) groups excluding carboxylic acids is 1. The van der Waals surface area contributed by atoms with Gasteiger partial charge in [-0.05, 0) is 92.4 Å². The summed E-state index contributed by atoms with van der Waals surface area (Å²) < 4.78 is 5.62. The summed E-state index contributed by atoms with van der Waals surface area (Å²) in [4.78, 5) is 17.7. The number of hydrogen-bond acceptors (Lipinski definition) is 4. The molecule has 3 aliphatic carbocycles. The minimum Gasteiger partial charge on any atom is -0.462 e. The highest BCUT2D eigenvalue weighted by Crippen LogP contribution is 2.59. The summed E-state index contributed by atoms with van der Waals surface area (Å²) in [6, 6.07) is 0. The van der Waals surface area contributed by atoms with Crippen molar-refractivity contribution in [2.75, 3.05) is 0 Å². The Balaban J connectivity index is 1.55. The van der Waals surface area contributed by atoms with Gasteiger partial charge in [0.2, 0.25) is 0 Å². The molecule has 0 aromatic rings. The number of nitrogens with zero attached hydrogens (tertiary/aromatic N) is 1. The van der Waals surface area contributed by atoms with Crippen LogP contribution in [-0.4, -0.2) is 23.4 Å². The summed E-state index contributed by atoms with van der Waals surface area (Å²) >= 11 is 0. The largest absolute Gasteiger partial charge is 0.462 e. The van der Waals surface area contributed by atoms with Gasteiger partial charge in [0.25, 0.3) is 0 Å². The van der Waals surface area contributed by atoms with E-state index in [1.54, 1.807) is 5.57 Å². The summed E-state index contributed by atoms with van der Waals surface area (Å²) in [7, 11) is 0. The lowest BCUT2D eigenvalue weighted by molar-refractivity contribution is -0.149. The second-order valence-electron chi connectivity index (χ2n) is 12.9. The van der Waals surface area contributed by atoms with Gasteiger partial charge >= 0.3 is 5.97 Å². The van der Waals surface area contributed by atoms with Crippen molar-refractivity contribution in [3.63, 3.8) is 0 Å². The molecule has 7 atom stereocenters. The van der Waals surface area contributed by atoms with Gasteiger partial charge in [-0.1, -0.05) is 69.7 Å². The maximum Gasteiger partial charge on any atom is 0.302 e. The van der Waals surface area contributed by atoms with Crippen molar-refractivity contribution in [3.05, 3.63) is 35.5 Å². The van der Waals surface area contributed by atoms with Gasteiger partial charge < -0.3 is 9.57 Å². The van der Waals surface area contributed by atoms with Crippen molar-refractivity contribution in [2.45, 2.75) is 118 Å². The highest BCUT2D eigenvalue weighted by molar-refractivity contribution is 5.84. The van der Waals surface area contributed by atoms with Crippen molar-refractivity contribution in [2.24, 2.45) is 40.2 Å². The second-order valence-corrected chi connectivity index (χ2v) is 12.9. The third-order valence-corrected chi connectivity index (χ3v) is 10.1. The molecule has 0 N–H and O–H groups in total. The first kappa shape index (κ1) is 27.2. The number of fused-ring (bicyclic) bond motifs is 1. The summed E-state index contributed by atoms with van der Waals surface area (Å²) in [6.45, 7) is 15.5. The zero-order valence-corrected chi connectivity index (χ0v) is 23.8. The molecule has 0 unspecified atom stereocenters. The predicted molar refractivity (Wildman–Crippen MR) is 148 cm³/mol. The Hall–Kier alpha value is -1.84. The number of allylic oxidation sites excluding steroid dienone is 5. The standard InChI is InChI=1S/C32H49NO3/c1-21(2)22(3)10-11-23(4)29-14-15-30-26(9-8-17-31(29,30)7)12-13-27-19-28(35-25(6)34)16-18-32(27)20-24(5)33-36-32/h10-13,21-23,28-30H,8-9,14-20H2,1-7H3/b11-10+,26-12+,27-13+/t22-,23+,28-,29+,30-,31+,32+/m0/s1. The molecule has 0 radical (unpaired) electrons. The van der Waals surface area contributed by atoms with E-state index >= 15 is 0 Å². The monoisotopic (exact) mass is 495 g/mol. The van der Waals surface area contributed by atoms with E-state index in [1.165, 1.54) is 44.6 Å². The topological polar surface area (TPSA) is 47.9 Å². The van der Waals surface area contributed by atoms with Gasteiger partial charge in [-0.3, -0.25) is 4.79 Å². The Morgan fingerprint density at radius 1 is 1.11 bits per heavy atom. The predicted octanol–water partition coefficient (Wildman–Crippen LogP) is 8.19. The van der Waals surface area contributed by atoms with Crippen molar-refractivity contribution >= 4 is 11.7 Å². The molecule has 3 saturated carbocycles. The van der Waals surface area contributed by atoms with Crippen molar-refractivity contribution in [3.8, 4) is 0 Å². The molecule has 0 bridgehead atoms. The van der Waals surface area contributed by atoms with Gasteiger partial charge in [-0.25, -0.2) is 0 Å². The molecule has 0 amide bonds. The third kappa shape index (κ3) is 5.53. The molecule has 0 aromatic carbocycles. The Labute approximate surface area is 219 Å². The number of carbonyl (C=O) groups is 1. The molecule has 200 valence electrons. The highest BCUT2D eigenvalue weighted by atomic mass is 16.7. The zero-order chi connectivity index (χ0) is 26.1. The molecule has 0 saturated heterocycles. The van der Waals surface area contributed by atoms with E-state index in [9.17, 15) is 4.79 Å². The molecular weight excluding hydrogens is 446 g/mol. The lowest BCUT2D eigenvalue weighted by Gasteiger charge is -2.44. The van der Waals surface area contributed by atoms with E-state index in [0.717, 1.165) is 37.3 Å². The van der Waals surface area contributed by atoms with Crippen LogP contribution in [0, 0.1) is 35.0 Å². The van der Waals surface area contributed by atoms with Crippen LogP contribution in [0.5, 0.6) is 0 Å². The van der Waals surface area contributed by atoms with Gasteiger partial charge in [-0.2, -0.15) is 0 Å². The van der Waals surface area contributed by atoms with E-state index in [1.807, 2.05) is 6.92 Å². The molecule has 4 nitrogen and oxygen atoms in total. The number of rotatable bonds is 6. The molecule has 4 rings (SSSR count). The maximum atomic E-state index is 11.6. The SMILES string of the molecule is CC(=O)O[C@H]1CC[C@@]2(CC(C)=NO2)/C(=C/C=C2\CCC[C@]3(C)[C@@H]([C@H](C)/C=C/[C@H](C)C(C)C)CC[C@@H]23)C1. The van der Waals surface area contributed by atoms with Crippen molar-refractivity contribution in [1.82, 2.24) is 0 Å². The Bertz CT molecular complexity index is 943. The first-order valence-electron chi connectivity index (χ1n) is 14.5. The van der Waals surface area contributed by atoms with Crippen LogP contribution in [0.3, 0.4) is 0 Å². The minimum atomic E-state index is -0.347. The fourth-order valence-corrected chi connectivity index (χ4v) is 7.65. The quantitative estimate of drug-likeness (QED) is 0.276. The fourth-order valence-electron chi connectivity index (χ4n) is 7.65. The average Bonchev–Trinajstić information content (AvgIpc) is 3.37. The van der Waals surface area contributed by atoms with Crippen LogP contribution in [0.15, 0.2) is 40.6 Å². The molecule has 36 heavy (non-hydrogen) atoms. The summed E-state index contributed by atoms with van der Waals surface area (Å²) in [5.41, 5.74) is 3.94. The number of ether oxygens (including phenoxy) is 1. The van der Waals surface area contributed by atoms with Crippen LogP contribution in [0.1, 0.15) is 106 Å². The second kappa shape index (κ2) is 10.9. The van der Waals surface area contributed by atoms with Gasteiger partial charge in [0, 0.05) is 19.8 Å². The van der Waals surface area contributed by atoms with E-state index in [4.69, 9.17) is 9.57 Å². The van der Waals surface area contributed by atoms with Gasteiger partial charge in [0.05, 0.1) is 5.71 Å². The molecule has 1 spiro atoms. The number of esters is 1. The summed E-state index contributed by atoms with van der Waals surface area (Å²) in [6.07, 6.45) is 19.4. The van der Waals surface area contributed by atoms with Crippen LogP contribution in [-0.2, 0) is 14.4 Å². The molecule has 1 aliphatic heterocycles. The third-order valence-electron chi connectivity index (χ3n) is 10.1. The van der Waals surface area contributed by atoms with Crippen LogP contribution in [0.2, 0.25) is 0 Å². The van der Waals surface area contributed by atoms with Gasteiger partial charge in [0.15, 0.2) is 5.60 Å². The van der Waals surface area contributed by atoms with Gasteiger partial charge in [0.1, 0.15) is 6.10 Å². The Morgan fingerprint density at radius 2 is 1.89 bits per heavy atom. The van der Waals surface area contributed by atoms with E-state index in [2.05, 4.69) is 64.1 Å². The minimum absolute atomic E-state index is 0.0596. The first-order valence-corrected chi connectivity index (χ1v) is 14.5. The van der Waals surface area contributed by atoms with Crippen LogP contribution >= 0.6 is 0 Å². The summed E-state index contributed by atoms with van der Waals surface area (Å²) in [5.74, 6) is 3.17. The number of hydrogen-bond donors (Lipinski definition) is 0. The lowest BCUT2D eigenvalue weighted by Crippen LogP contribution is -2.39. The molecule has 4 aliphatic rings. The average molecular weight is 496 g/mol. The Kier molecular flexibility index (Phi) is 8.22. The molecular formula is C32H49NO3. The fraction of sp³-hybridized carbons (Fsp3) is 0.750. The van der Waals surface area contributed by atoms with E-state index in [0.29, 0.717) is 29.1 Å². The smallest absolute Gasteiger partial charge is 0.302 e. The number of oxime groups is 1. The molecule has 4 heteroatoms.